The fourth-order valence-corrected chi connectivity index (χ4v) is 4.65. The van der Waals surface area contributed by atoms with Crippen LogP contribution in [0.25, 0.3) is 0 Å². The van der Waals surface area contributed by atoms with Gasteiger partial charge in [-0.05, 0) is 26.8 Å². The quantitative estimate of drug-likeness (QED) is 0.187. The van der Waals surface area contributed by atoms with Gasteiger partial charge in [0.1, 0.15) is 18.8 Å². The van der Waals surface area contributed by atoms with Crippen molar-refractivity contribution in [1.29, 1.82) is 0 Å². The van der Waals surface area contributed by atoms with Gasteiger partial charge in [0, 0.05) is 6.20 Å². The van der Waals surface area contributed by atoms with Gasteiger partial charge in [0.2, 0.25) is 5.91 Å². The van der Waals surface area contributed by atoms with Crippen molar-refractivity contribution in [1.82, 2.24) is 4.90 Å². The molecular weight excluding hydrogens is 423 g/mol. The maximum Gasteiger partial charge on any atom is 0.477 e. The summed E-state index contributed by atoms with van der Waals surface area (Å²) in [6.07, 6.45) is -0.612. The molecule has 0 bridgehead atoms. The molecule has 3 rings (SSSR count). The Morgan fingerprint density at radius 3 is 2.83 bits per heavy atom. The molecule has 2 N–H and O–H groups in total. The molecule has 1 amide bonds. The lowest BCUT2D eigenvalue weighted by Gasteiger charge is -2.38. The molecule has 0 radical (unpaired) electrons. The Balaban J connectivity index is 1.59. The average Bonchev–Trinajstić information content (AvgIpc) is 2.89. The van der Waals surface area contributed by atoms with Crippen LogP contribution in [-0.4, -0.2) is 72.6 Å². The molecule has 0 unspecified atom stereocenters. The number of nitrogens with two attached hydrogens (primary N) is 1. The van der Waals surface area contributed by atoms with Gasteiger partial charge in [0.15, 0.2) is 18.8 Å². The number of ether oxygens (including phenoxy) is 3. The minimum Gasteiger partial charge on any atom is -0.461 e. The van der Waals surface area contributed by atoms with E-state index in [2.05, 4.69) is 0 Å². The number of phosphoric acid groups is 1. The highest BCUT2D eigenvalue weighted by Crippen LogP contribution is 2.57. The predicted molar refractivity (Wildman–Crippen MR) is 98.4 cm³/mol. The second kappa shape index (κ2) is 8.83. The maximum absolute atomic E-state index is 12.8. The van der Waals surface area contributed by atoms with Gasteiger partial charge in [-0.3, -0.25) is 28.1 Å². The standard InChI is InChI=1S/C17H25N2O10P/c1-10(2)27-14(22)8-24-9-26-30(23)25-7-12-15(29-30)17(3,18)16(28-12)19-5-4-11(20)6-13(19)21/h4-5,10,12,15-16H,6-9,18H2,1-3H3/t12-,15-,16-,17-,30+/m1/s1. The van der Waals surface area contributed by atoms with Gasteiger partial charge in [-0.1, -0.05) is 0 Å². The Morgan fingerprint density at radius 1 is 1.43 bits per heavy atom. The number of phosphoric ester groups is 1. The first-order chi connectivity index (χ1) is 14.0. The van der Waals surface area contributed by atoms with Gasteiger partial charge in [-0.15, -0.1) is 0 Å². The van der Waals surface area contributed by atoms with Crippen LogP contribution in [0, 0.1) is 0 Å². The molecule has 12 nitrogen and oxygen atoms in total. The number of rotatable bonds is 7. The van der Waals surface area contributed by atoms with E-state index in [-0.39, 0.29) is 24.9 Å². The molecule has 2 fully saturated rings. The lowest BCUT2D eigenvalue weighted by Crippen LogP contribution is -2.60. The second-order valence-electron chi connectivity index (χ2n) is 7.56. The van der Waals surface area contributed by atoms with Crippen LogP contribution < -0.4 is 5.73 Å². The van der Waals surface area contributed by atoms with Crippen molar-refractivity contribution < 1.29 is 46.7 Å². The van der Waals surface area contributed by atoms with Gasteiger partial charge in [0.25, 0.3) is 0 Å². The maximum atomic E-state index is 12.8. The summed E-state index contributed by atoms with van der Waals surface area (Å²) < 4.78 is 44.2. The Labute approximate surface area is 173 Å². The summed E-state index contributed by atoms with van der Waals surface area (Å²) in [6.45, 7) is 3.87. The van der Waals surface area contributed by atoms with E-state index < -0.39 is 57.1 Å². The highest BCUT2D eigenvalue weighted by molar-refractivity contribution is 7.48. The zero-order valence-electron chi connectivity index (χ0n) is 16.8. The molecule has 0 aromatic heterocycles. The number of amides is 1. The van der Waals surface area contributed by atoms with Crippen molar-refractivity contribution in [3.05, 3.63) is 12.3 Å². The molecule has 3 aliphatic heterocycles. The van der Waals surface area contributed by atoms with E-state index in [9.17, 15) is 18.9 Å². The molecule has 0 spiro atoms. The van der Waals surface area contributed by atoms with Crippen molar-refractivity contribution in [3.8, 4) is 0 Å². The molecule has 3 heterocycles. The number of esters is 1. The average molecular weight is 448 g/mol. The van der Waals surface area contributed by atoms with Crippen LogP contribution in [0.2, 0.25) is 0 Å². The molecular formula is C17H25N2O10P. The lowest BCUT2D eigenvalue weighted by molar-refractivity contribution is -0.156. The van der Waals surface area contributed by atoms with E-state index in [1.807, 2.05) is 0 Å². The highest BCUT2D eigenvalue weighted by Gasteiger charge is 2.60. The minimum absolute atomic E-state index is 0.161. The molecule has 0 aromatic rings. The number of nitrogens with zero attached hydrogens (tertiary/aromatic N) is 1. The van der Waals surface area contributed by atoms with Crippen LogP contribution in [-0.2, 0) is 46.7 Å². The molecule has 0 aliphatic carbocycles. The molecule has 0 saturated carbocycles. The third kappa shape index (κ3) is 4.97. The normalized spacial score (nSPS) is 36.3. The van der Waals surface area contributed by atoms with E-state index in [0.717, 1.165) is 0 Å². The predicted octanol–water partition coefficient (Wildman–Crippen LogP) is 0.210. The fourth-order valence-electron chi connectivity index (χ4n) is 3.28. The molecule has 5 atom stereocenters. The molecule has 2 saturated heterocycles. The van der Waals surface area contributed by atoms with Crippen LogP contribution in [0.1, 0.15) is 27.2 Å². The fraction of sp³-hybridized carbons (Fsp3) is 0.706. The van der Waals surface area contributed by atoms with Crippen molar-refractivity contribution in [3.63, 3.8) is 0 Å². The minimum atomic E-state index is -4.06. The first-order valence-corrected chi connectivity index (χ1v) is 10.8. The smallest absolute Gasteiger partial charge is 0.461 e. The molecule has 3 aliphatic rings. The van der Waals surface area contributed by atoms with Crippen molar-refractivity contribution >= 4 is 25.5 Å². The zero-order valence-corrected chi connectivity index (χ0v) is 17.7. The number of hydrogen-bond acceptors (Lipinski definition) is 11. The Kier molecular flexibility index (Phi) is 6.78. The van der Waals surface area contributed by atoms with E-state index in [0.29, 0.717) is 0 Å². The molecule has 30 heavy (non-hydrogen) atoms. The highest BCUT2D eigenvalue weighted by atomic mass is 31.2. The monoisotopic (exact) mass is 448 g/mol. The van der Waals surface area contributed by atoms with Crippen LogP contribution >= 0.6 is 7.82 Å². The van der Waals surface area contributed by atoms with E-state index >= 15 is 0 Å². The van der Waals surface area contributed by atoms with Crippen LogP contribution in [0.3, 0.4) is 0 Å². The van der Waals surface area contributed by atoms with Crippen molar-refractivity contribution in [2.75, 3.05) is 20.0 Å². The van der Waals surface area contributed by atoms with Crippen molar-refractivity contribution in [2.45, 2.75) is 57.3 Å². The van der Waals surface area contributed by atoms with Gasteiger partial charge in [-0.2, -0.15) is 0 Å². The topological polar surface area (TPSA) is 153 Å². The number of ketones is 1. The van der Waals surface area contributed by atoms with Crippen molar-refractivity contribution in [2.24, 2.45) is 5.73 Å². The number of carbonyl (C=O) groups excluding carboxylic acids is 3. The van der Waals surface area contributed by atoms with Gasteiger partial charge >= 0.3 is 13.8 Å². The summed E-state index contributed by atoms with van der Waals surface area (Å²) in [5.41, 5.74) is 5.10. The van der Waals surface area contributed by atoms with Crippen LogP contribution in [0.15, 0.2) is 12.3 Å². The summed E-state index contributed by atoms with van der Waals surface area (Å²) in [6, 6.07) is 0. The molecule has 168 valence electrons. The zero-order chi connectivity index (χ0) is 22.1. The summed E-state index contributed by atoms with van der Waals surface area (Å²) >= 11 is 0. The third-order valence-corrected chi connectivity index (χ3v) is 5.97. The largest absolute Gasteiger partial charge is 0.477 e. The summed E-state index contributed by atoms with van der Waals surface area (Å²) in [7, 11) is -4.06. The van der Waals surface area contributed by atoms with Crippen LogP contribution in [0.4, 0.5) is 0 Å². The summed E-state index contributed by atoms with van der Waals surface area (Å²) in [5.74, 6) is -1.39. The van der Waals surface area contributed by atoms with Gasteiger partial charge in [-0.25, -0.2) is 9.36 Å². The number of fused-ring (bicyclic) bond motifs is 1. The number of carbonyl (C=O) groups is 3. The second-order valence-corrected chi connectivity index (χ2v) is 9.18. The summed E-state index contributed by atoms with van der Waals surface area (Å²) in [5, 5.41) is 0. The van der Waals surface area contributed by atoms with Crippen LogP contribution in [0.5, 0.6) is 0 Å². The lowest BCUT2D eigenvalue weighted by atomic mass is 9.92. The SMILES string of the molecule is CC(C)OC(=O)COCO[P@]1(=O)OC[C@H]2O[C@@H](N3C=CC(=O)CC3=O)[C@](C)(N)[C@@H]2O1. The Hall–Kier alpha value is -1.66. The number of allylic oxidation sites excluding steroid dienone is 1. The summed E-state index contributed by atoms with van der Waals surface area (Å²) in [4.78, 5) is 36.3. The Morgan fingerprint density at radius 2 is 2.17 bits per heavy atom. The van der Waals surface area contributed by atoms with E-state index in [1.54, 1.807) is 20.8 Å². The van der Waals surface area contributed by atoms with E-state index in [1.165, 1.54) is 17.2 Å². The first kappa shape index (κ1) is 23.0. The molecule has 0 aromatic carbocycles. The number of hydrogen-bond donors (Lipinski definition) is 1. The Bertz CT molecular complexity index is 783. The van der Waals surface area contributed by atoms with Gasteiger partial charge < -0.3 is 19.9 Å². The first-order valence-electron chi connectivity index (χ1n) is 9.33. The third-order valence-electron chi connectivity index (χ3n) is 4.59. The molecule has 13 heteroatoms. The van der Waals surface area contributed by atoms with Gasteiger partial charge in [0.05, 0.1) is 24.7 Å². The van der Waals surface area contributed by atoms with E-state index in [4.69, 9.17) is 33.5 Å².